The second-order valence-electron chi connectivity index (χ2n) is 4.33. The lowest BCUT2D eigenvalue weighted by Gasteiger charge is -2.09. The van der Waals surface area contributed by atoms with Crippen molar-refractivity contribution in [2.75, 3.05) is 14.2 Å². The van der Waals surface area contributed by atoms with Crippen molar-refractivity contribution in [1.29, 1.82) is 5.41 Å². The van der Waals surface area contributed by atoms with Crippen molar-refractivity contribution in [3.8, 4) is 5.75 Å². The summed E-state index contributed by atoms with van der Waals surface area (Å²) in [6.07, 6.45) is 3.17. The van der Waals surface area contributed by atoms with Crippen molar-refractivity contribution in [1.82, 2.24) is 5.32 Å². The molecule has 1 aromatic rings. The highest BCUT2D eigenvalue weighted by atomic mass is 16.5. The van der Waals surface area contributed by atoms with E-state index in [1.54, 1.807) is 20.2 Å². The smallest absolute Gasteiger partial charge is 0.251 e. The highest BCUT2D eigenvalue weighted by Gasteiger charge is 2.08. The van der Waals surface area contributed by atoms with Gasteiger partial charge in [0.2, 0.25) is 0 Å². The maximum atomic E-state index is 11.6. The zero-order chi connectivity index (χ0) is 13.5. The molecule has 1 rings (SSSR count). The number of nitrogens with one attached hydrogen (secondary N) is 2. The Balaban J connectivity index is 2.90. The molecule has 1 unspecified atom stereocenters. The van der Waals surface area contributed by atoms with Gasteiger partial charge in [-0.15, -0.1) is 0 Å². The van der Waals surface area contributed by atoms with Crippen LogP contribution in [0.4, 0.5) is 0 Å². The number of methoxy groups -OCH3 is 1. The average molecular weight is 248 g/mol. The van der Waals surface area contributed by atoms with E-state index in [1.807, 2.05) is 19.1 Å². The fraction of sp³-hybridized carbons (Fsp3) is 0.429. The SMILES string of the molecule is CNC(=O)c1cc(CCC(C)C=N)cc(OC)c1. The third-order valence-electron chi connectivity index (χ3n) is 2.86. The van der Waals surface area contributed by atoms with Gasteiger partial charge < -0.3 is 15.5 Å². The van der Waals surface area contributed by atoms with Crippen LogP contribution >= 0.6 is 0 Å². The Morgan fingerprint density at radius 2 is 2.22 bits per heavy atom. The molecular weight excluding hydrogens is 228 g/mol. The van der Waals surface area contributed by atoms with Gasteiger partial charge in [-0.05, 0) is 48.7 Å². The number of carbonyl (C=O) groups is 1. The summed E-state index contributed by atoms with van der Waals surface area (Å²) >= 11 is 0. The van der Waals surface area contributed by atoms with Crippen LogP contribution in [0, 0.1) is 11.3 Å². The van der Waals surface area contributed by atoms with Crippen molar-refractivity contribution >= 4 is 12.1 Å². The van der Waals surface area contributed by atoms with Gasteiger partial charge in [-0.2, -0.15) is 0 Å². The summed E-state index contributed by atoms with van der Waals surface area (Å²) in [5.41, 5.74) is 1.66. The summed E-state index contributed by atoms with van der Waals surface area (Å²) in [5, 5.41) is 9.78. The molecule has 0 aromatic heterocycles. The van der Waals surface area contributed by atoms with Gasteiger partial charge >= 0.3 is 0 Å². The van der Waals surface area contributed by atoms with Crippen LogP contribution in [0.1, 0.15) is 29.3 Å². The van der Waals surface area contributed by atoms with E-state index < -0.39 is 0 Å². The lowest BCUT2D eigenvalue weighted by atomic mass is 10.00. The molecule has 1 aromatic carbocycles. The van der Waals surface area contributed by atoms with Crippen LogP contribution in [0.15, 0.2) is 18.2 Å². The molecule has 0 aliphatic rings. The van der Waals surface area contributed by atoms with Crippen LogP contribution in [0.5, 0.6) is 5.75 Å². The molecule has 0 fully saturated rings. The molecule has 0 aliphatic heterocycles. The van der Waals surface area contributed by atoms with Gasteiger partial charge in [0.05, 0.1) is 7.11 Å². The maximum Gasteiger partial charge on any atom is 0.251 e. The van der Waals surface area contributed by atoms with Crippen LogP contribution in [-0.4, -0.2) is 26.3 Å². The van der Waals surface area contributed by atoms with Crippen LogP contribution in [0.25, 0.3) is 0 Å². The van der Waals surface area contributed by atoms with Crippen molar-refractivity contribution in [2.45, 2.75) is 19.8 Å². The van der Waals surface area contributed by atoms with Crippen molar-refractivity contribution in [3.05, 3.63) is 29.3 Å². The fourth-order valence-corrected chi connectivity index (χ4v) is 1.68. The Hall–Kier alpha value is -1.84. The number of hydrogen-bond acceptors (Lipinski definition) is 3. The van der Waals surface area contributed by atoms with Crippen LogP contribution < -0.4 is 10.1 Å². The number of rotatable bonds is 6. The monoisotopic (exact) mass is 248 g/mol. The summed E-state index contributed by atoms with van der Waals surface area (Å²) in [6.45, 7) is 2.01. The van der Waals surface area contributed by atoms with Crippen LogP contribution in [0.3, 0.4) is 0 Å². The molecular formula is C14H20N2O2. The lowest BCUT2D eigenvalue weighted by molar-refractivity contribution is 0.0962. The summed E-state index contributed by atoms with van der Waals surface area (Å²) in [7, 11) is 3.20. The van der Waals surface area contributed by atoms with Gasteiger partial charge in [-0.1, -0.05) is 6.92 Å². The van der Waals surface area contributed by atoms with Gasteiger partial charge in [-0.25, -0.2) is 0 Å². The molecule has 2 N–H and O–H groups in total. The quantitative estimate of drug-likeness (QED) is 0.759. The van der Waals surface area contributed by atoms with E-state index in [4.69, 9.17) is 10.1 Å². The second-order valence-corrected chi connectivity index (χ2v) is 4.33. The summed E-state index contributed by atoms with van der Waals surface area (Å²) in [5.74, 6) is 0.823. The molecule has 0 heterocycles. The van der Waals surface area contributed by atoms with Crippen molar-refractivity contribution < 1.29 is 9.53 Å². The first-order chi connectivity index (χ1) is 8.60. The standard InChI is InChI=1S/C14H20N2O2/c1-10(9-15)4-5-11-6-12(14(17)16-2)8-13(7-11)18-3/h6-10,15H,4-5H2,1-3H3,(H,16,17). The molecule has 1 amide bonds. The molecule has 0 saturated carbocycles. The van der Waals surface area contributed by atoms with E-state index in [2.05, 4.69) is 5.32 Å². The van der Waals surface area contributed by atoms with Gasteiger partial charge in [0.25, 0.3) is 5.91 Å². The molecule has 0 bridgehead atoms. The van der Waals surface area contributed by atoms with Crippen molar-refractivity contribution in [2.24, 2.45) is 5.92 Å². The van der Waals surface area contributed by atoms with Gasteiger partial charge in [-0.3, -0.25) is 4.79 Å². The zero-order valence-corrected chi connectivity index (χ0v) is 11.1. The minimum Gasteiger partial charge on any atom is -0.497 e. The number of ether oxygens (including phenoxy) is 1. The fourth-order valence-electron chi connectivity index (χ4n) is 1.68. The van der Waals surface area contributed by atoms with E-state index >= 15 is 0 Å². The van der Waals surface area contributed by atoms with E-state index in [0.29, 0.717) is 11.3 Å². The number of aryl methyl sites for hydroxylation is 1. The average Bonchev–Trinajstić information content (AvgIpc) is 2.43. The van der Waals surface area contributed by atoms with E-state index in [0.717, 1.165) is 18.4 Å². The Morgan fingerprint density at radius 3 is 2.78 bits per heavy atom. The van der Waals surface area contributed by atoms with Crippen molar-refractivity contribution in [3.63, 3.8) is 0 Å². The van der Waals surface area contributed by atoms with Gasteiger partial charge in [0, 0.05) is 12.6 Å². The molecule has 0 spiro atoms. The number of hydrogen-bond donors (Lipinski definition) is 2. The maximum absolute atomic E-state index is 11.6. The third kappa shape index (κ3) is 3.87. The van der Waals surface area contributed by atoms with Crippen LogP contribution in [0.2, 0.25) is 0 Å². The highest BCUT2D eigenvalue weighted by Crippen LogP contribution is 2.19. The van der Waals surface area contributed by atoms with Crippen LogP contribution in [-0.2, 0) is 6.42 Å². The topological polar surface area (TPSA) is 62.2 Å². The summed E-state index contributed by atoms with van der Waals surface area (Å²) in [6, 6.07) is 5.53. The molecule has 18 heavy (non-hydrogen) atoms. The molecule has 0 radical (unpaired) electrons. The molecule has 1 atom stereocenters. The van der Waals surface area contributed by atoms with Gasteiger partial charge in [0.15, 0.2) is 0 Å². The minimum atomic E-state index is -0.116. The Morgan fingerprint density at radius 1 is 1.50 bits per heavy atom. The second kappa shape index (κ2) is 6.79. The summed E-state index contributed by atoms with van der Waals surface area (Å²) in [4.78, 5) is 11.6. The predicted molar refractivity (Wildman–Crippen MR) is 72.7 cm³/mol. The van der Waals surface area contributed by atoms with E-state index in [-0.39, 0.29) is 11.8 Å². The van der Waals surface area contributed by atoms with E-state index in [9.17, 15) is 4.79 Å². The number of amides is 1. The Labute approximate surface area is 108 Å². The summed E-state index contributed by atoms with van der Waals surface area (Å²) < 4.78 is 5.20. The number of carbonyl (C=O) groups excluding carboxylic acids is 1. The molecule has 0 saturated heterocycles. The van der Waals surface area contributed by atoms with Gasteiger partial charge in [0.1, 0.15) is 5.75 Å². The Bertz CT molecular complexity index is 430. The largest absolute Gasteiger partial charge is 0.497 e. The first-order valence-electron chi connectivity index (χ1n) is 6.01. The number of benzene rings is 1. The Kier molecular flexibility index (Phi) is 5.36. The molecule has 0 aliphatic carbocycles. The predicted octanol–water partition coefficient (Wildman–Crippen LogP) is 2.27. The lowest BCUT2D eigenvalue weighted by Crippen LogP contribution is -2.18. The van der Waals surface area contributed by atoms with E-state index in [1.165, 1.54) is 6.21 Å². The minimum absolute atomic E-state index is 0.116. The highest BCUT2D eigenvalue weighted by molar-refractivity contribution is 5.94. The molecule has 98 valence electrons. The molecule has 4 heteroatoms. The molecule has 4 nitrogen and oxygen atoms in total. The third-order valence-corrected chi connectivity index (χ3v) is 2.86. The first-order valence-corrected chi connectivity index (χ1v) is 6.01. The zero-order valence-electron chi connectivity index (χ0n) is 11.1. The normalized spacial score (nSPS) is 11.7. The first kappa shape index (κ1) is 14.2.